The van der Waals surface area contributed by atoms with Crippen molar-refractivity contribution in [1.29, 1.82) is 0 Å². The van der Waals surface area contributed by atoms with Gasteiger partial charge in [0, 0.05) is 46.2 Å². The van der Waals surface area contributed by atoms with Crippen LogP contribution in [-0.2, 0) is 11.3 Å². The zero-order valence-electron chi connectivity index (χ0n) is 18.1. The number of carbonyl (C=O) groups excluding carboxylic acids is 1. The lowest BCUT2D eigenvalue weighted by Crippen LogP contribution is -2.35. The Morgan fingerprint density at radius 2 is 2.18 bits per heavy atom. The Kier molecular flexibility index (Phi) is 6.23. The molecule has 1 aromatic carbocycles. The average Bonchev–Trinajstić information content (AvgIpc) is 3.56. The first kappa shape index (κ1) is 22.1. The van der Waals surface area contributed by atoms with Crippen LogP contribution >= 0.6 is 34.3 Å². The lowest BCUT2D eigenvalue weighted by Gasteiger charge is -2.21. The van der Waals surface area contributed by atoms with Crippen molar-refractivity contribution >= 4 is 56.1 Å². The number of fused-ring (bicyclic) bond motifs is 1. The van der Waals surface area contributed by atoms with E-state index >= 15 is 0 Å². The van der Waals surface area contributed by atoms with Gasteiger partial charge in [0.25, 0.3) is 5.56 Å². The summed E-state index contributed by atoms with van der Waals surface area (Å²) in [7, 11) is 0. The third-order valence-corrected chi connectivity index (χ3v) is 8.07. The van der Waals surface area contributed by atoms with E-state index in [1.54, 1.807) is 11.3 Å². The predicted octanol–water partition coefficient (Wildman–Crippen LogP) is 4.79. The molecule has 3 aromatic heterocycles. The number of benzene rings is 1. The second-order valence-corrected chi connectivity index (χ2v) is 10.6. The number of hydrogen-bond donors (Lipinski definition) is 1. The van der Waals surface area contributed by atoms with Crippen molar-refractivity contribution in [2.45, 2.75) is 19.9 Å². The van der Waals surface area contributed by atoms with Crippen LogP contribution in [0, 0.1) is 12.8 Å². The first-order valence-electron chi connectivity index (χ1n) is 10.8. The van der Waals surface area contributed by atoms with Crippen molar-refractivity contribution in [3.8, 4) is 10.4 Å². The number of nitrogens with one attached hydrogen (secondary N) is 1. The molecule has 0 spiro atoms. The first-order chi connectivity index (χ1) is 16.0. The van der Waals surface area contributed by atoms with Crippen molar-refractivity contribution < 1.29 is 4.79 Å². The minimum Gasteiger partial charge on any atom is -0.371 e. The summed E-state index contributed by atoms with van der Waals surface area (Å²) in [5, 5.41) is 8.27. The molecule has 4 aromatic rings. The topological polar surface area (TPSA) is 67.2 Å². The highest BCUT2D eigenvalue weighted by molar-refractivity contribution is 7.18. The summed E-state index contributed by atoms with van der Waals surface area (Å²) < 4.78 is 1.40. The van der Waals surface area contributed by atoms with Crippen molar-refractivity contribution in [3.63, 3.8) is 0 Å². The number of thiophene rings is 2. The van der Waals surface area contributed by atoms with Gasteiger partial charge in [0.15, 0.2) is 0 Å². The summed E-state index contributed by atoms with van der Waals surface area (Å²) in [6.07, 6.45) is 2.47. The summed E-state index contributed by atoms with van der Waals surface area (Å²) in [6.45, 7) is 4.43. The quantitative estimate of drug-likeness (QED) is 0.415. The van der Waals surface area contributed by atoms with E-state index < -0.39 is 0 Å². The van der Waals surface area contributed by atoms with Crippen LogP contribution in [0.5, 0.6) is 0 Å². The van der Waals surface area contributed by atoms with E-state index in [1.807, 2.05) is 41.1 Å². The average molecular weight is 499 g/mol. The second-order valence-electron chi connectivity index (χ2n) is 8.32. The maximum atomic E-state index is 13.1. The van der Waals surface area contributed by atoms with Gasteiger partial charge in [-0.05, 0) is 48.4 Å². The minimum absolute atomic E-state index is 0.0364. The maximum Gasteiger partial charge on any atom is 0.263 e. The molecule has 1 unspecified atom stereocenters. The standard InChI is InChI=1S/C24H23ClN4O2S2/c1-15-4-5-17(25)9-19(15)28-7-6-16(11-28)10-26-21(30)12-29-14-27-23-22(24(29)31)18(13-33-23)20-3-2-8-32-20/h2-5,8-9,13-14,16H,6-7,10-12H2,1H3,(H,26,30). The van der Waals surface area contributed by atoms with Gasteiger partial charge in [-0.15, -0.1) is 22.7 Å². The molecule has 1 fully saturated rings. The number of aromatic nitrogens is 2. The van der Waals surface area contributed by atoms with Crippen molar-refractivity contribution in [2.24, 2.45) is 5.92 Å². The number of carbonyl (C=O) groups is 1. The highest BCUT2D eigenvalue weighted by Crippen LogP contribution is 2.33. The third kappa shape index (κ3) is 4.55. The minimum atomic E-state index is -0.178. The number of halogens is 1. The molecule has 0 aliphatic carbocycles. The third-order valence-electron chi connectivity index (χ3n) is 6.05. The van der Waals surface area contributed by atoms with E-state index in [2.05, 4.69) is 22.1 Å². The lowest BCUT2D eigenvalue weighted by atomic mass is 10.1. The molecule has 1 N–H and O–H groups in total. The van der Waals surface area contributed by atoms with Gasteiger partial charge < -0.3 is 10.2 Å². The molecule has 5 rings (SSSR count). The second kappa shape index (κ2) is 9.29. The normalized spacial score (nSPS) is 15.9. The Hall–Kier alpha value is -2.68. The Bertz CT molecular complexity index is 1360. The predicted molar refractivity (Wildman–Crippen MR) is 137 cm³/mol. The Labute approximate surface area is 204 Å². The highest BCUT2D eigenvalue weighted by atomic mass is 35.5. The molecular formula is C24H23ClN4O2S2. The number of aryl methyl sites for hydroxylation is 1. The molecule has 1 amide bonds. The number of amides is 1. The van der Waals surface area contributed by atoms with E-state index in [-0.39, 0.29) is 18.0 Å². The van der Waals surface area contributed by atoms with Gasteiger partial charge in [0.05, 0.1) is 11.7 Å². The van der Waals surface area contributed by atoms with Crippen LogP contribution in [-0.4, -0.2) is 35.1 Å². The van der Waals surface area contributed by atoms with Gasteiger partial charge in [-0.25, -0.2) is 4.98 Å². The Morgan fingerprint density at radius 3 is 3.00 bits per heavy atom. The Balaban J connectivity index is 1.23. The fourth-order valence-electron chi connectivity index (χ4n) is 4.30. The van der Waals surface area contributed by atoms with Gasteiger partial charge in [0.1, 0.15) is 11.4 Å². The molecule has 0 radical (unpaired) electrons. The van der Waals surface area contributed by atoms with Crippen LogP contribution in [0.25, 0.3) is 20.7 Å². The van der Waals surface area contributed by atoms with Crippen LogP contribution in [0.15, 0.2) is 52.2 Å². The zero-order chi connectivity index (χ0) is 22.9. The molecule has 170 valence electrons. The first-order valence-corrected chi connectivity index (χ1v) is 12.9. The summed E-state index contributed by atoms with van der Waals surface area (Å²) in [5.41, 5.74) is 3.06. The fourth-order valence-corrected chi connectivity index (χ4v) is 6.19. The molecule has 6 nitrogen and oxygen atoms in total. The van der Waals surface area contributed by atoms with Gasteiger partial charge in [0.2, 0.25) is 5.91 Å². The molecule has 1 atom stereocenters. The number of anilines is 1. The molecular weight excluding hydrogens is 476 g/mol. The molecule has 1 aliphatic rings. The fraction of sp³-hybridized carbons (Fsp3) is 0.292. The SMILES string of the molecule is Cc1ccc(Cl)cc1N1CCC(CNC(=O)Cn2cnc3scc(-c4cccs4)c3c2=O)C1. The van der Waals surface area contributed by atoms with E-state index in [0.29, 0.717) is 22.7 Å². The molecule has 1 saturated heterocycles. The summed E-state index contributed by atoms with van der Waals surface area (Å²) in [6, 6.07) is 9.89. The van der Waals surface area contributed by atoms with Crippen molar-refractivity contribution in [2.75, 3.05) is 24.5 Å². The van der Waals surface area contributed by atoms with Gasteiger partial charge >= 0.3 is 0 Å². The smallest absolute Gasteiger partial charge is 0.263 e. The number of nitrogens with zero attached hydrogens (tertiary/aromatic N) is 3. The summed E-state index contributed by atoms with van der Waals surface area (Å²) >= 11 is 9.21. The van der Waals surface area contributed by atoms with Crippen LogP contribution in [0.3, 0.4) is 0 Å². The van der Waals surface area contributed by atoms with Gasteiger partial charge in [-0.3, -0.25) is 14.2 Å². The highest BCUT2D eigenvalue weighted by Gasteiger charge is 2.24. The maximum absolute atomic E-state index is 13.1. The largest absolute Gasteiger partial charge is 0.371 e. The Morgan fingerprint density at radius 1 is 1.30 bits per heavy atom. The van der Waals surface area contributed by atoms with E-state index in [0.717, 1.165) is 40.7 Å². The molecule has 4 heterocycles. The van der Waals surface area contributed by atoms with E-state index in [4.69, 9.17) is 11.6 Å². The van der Waals surface area contributed by atoms with Crippen LogP contribution in [0.2, 0.25) is 5.02 Å². The van der Waals surface area contributed by atoms with Crippen LogP contribution in [0.1, 0.15) is 12.0 Å². The molecule has 0 saturated carbocycles. The van der Waals surface area contributed by atoms with Crippen LogP contribution < -0.4 is 15.8 Å². The monoisotopic (exact) mass is 498 g/mol. The zero-order valence-corrected chi connectivity index (χ0v) is 20.5. The molecule has 1 aliphatic heterocycles. The van der Waals surface area contributed by atoms with Crippen molar-refractivity contribution in [1.82, 2.24) is 14.9 Å². The van der Waals surface area contributed by atoms with E-state index in [9.17, 15) is 9.59 Å². The lowest BCUT2D eigenvalue weighted by molar-refractivity contribution is -0.121. The summed E-state index contributed by atoms with van der Waals surface area (Å²) in [4.78, 5) is 34.2. The van der Waals surface area contributed by atoms with E-state index in [1.165, 1.54) is 27.8 Å². The number of rotatable bonds is 6. The molecule has 33 heavy (non-hydrogen) atoms. The molecule has 0 bridgehead atoms. The number of hydrogen-bond acceptors (Lipinski definition) is 6. The van der Waals surface area contributed by atoms with Gasteiger partial charge in [-0.2, -0.15) is 0 Å². The summed E-state index contributed by atoms with van der Waals surface area (Å²) in [5.74, 6) is 0.176. The van der Waals surface area contributed by atoms with Crippen LogP contribution in [0.4, 0.5) is 5.69 Å². The van der Waals surface area contributed by atoms with Gasteiger partial charge in [-0.1, -0.05) is 23.7 Å². The molecule has 9 heteroatoms. The van der Waals surface area contributed by atoms with Crippen molar-refractivity contribution in [3.05, 3.63) is 68.4 Å².